The summed E-state index contributed by atoms with van der Waals surface area (Å²) in [6, 6.07) is 11.4. The summed E-state index contributed by atoms with van der Waals surface area (Å²) in [6.45, 7) is 5.35. The summed E-state index contributed by atoms with van der Waals surface area (Å²) in [7, 11) is 0. The Bertz CT molecular complexity index is 639. The van der Waals surface area contributed by atoms with Gasteiger partial charge in [-0.3, -0.25) is 24.1 Å². The summed E-state index contributed by atoms with van der Waals surface area (Å²) < 4.78 is 0. The van der Waals surface area contributed by atoms with Gasteiger partial charge < -0.3 is 10.2 Å². The van der Waals surface area contributed by atoms with E-state index in [4.69, 9.17) is 10.2 Å². The van der Waals surface area contributed by atoms with E-state index in [0.29, 0.717) is 17.9 Å². The number of carboxylic acid groups (broad SMARTS) is 2. The highest BCUT2D eigenvalue weighted by Gasteiger charge is 2.32. The lowest BCUT2D eigenvalue weighted by molar-refractivity contribution is -0.143. The average molecular weight is 391 g/mol. The number of carboxylic acids is 2. The van der Waals surface area contributed by atoms with Crippen LogP contribution in [0.3, 0.4) is 0 Å². The monoisotopic (exact) mass is 391 g/mol. The molecule has 0 spiro atoms. The first kappa shape index (κ1) is 23.5. The largest absolute Gasteiger partial charge is 0.481 e. The van der Waals surface area contributed by atoms with E-state index in [1.165, 1.54) is 5.56 Å². The topological polar surface area (TPSA) is 112 Å². The van der Waals surface area contributed by atoms with Gasteiger partial charge in [0.2, 0.25) is 0 Å². The van der Waals surface area contributed by atoms with Crippen molar-refractivity contribution in [1.29, 1.82) is 0 Å². The number of Topliss-reactive ketones (excluding diaryl/α,β-unsaturated/α-hetero) is 2. The molecule has 1 aliphatic heterocycles. The third-order valence-electron chi connectivity index (χ3n) is 4.71. The van der Waals surface area contributed by atoms with Crippen LogP contribution >= 0.6 is 0 Å². The Morgan fingerprint density at radius 2 is 1.39 bits per heavy atom. The minimum absolute atomic E-state index is 0.427. The van der Waals surface area contributed by atoms with Gasteiger partial charge in [-0.1, -0.05) is 44.2 Å². The molecule has 0 radical (unpaired) electrons. The summed E-state index contributed by atoms with van der Waals surface area (Å²) in [5, 5.41) is 16.0. The lowest BCUT2D eigenvalue weighted by atomic mass is 9.91. The molecule has 0 amide bonds. The molecule has 1 fully saturated rings. The first-order valence-corrected chi connectivity index (χ1v) is 9.53. The summed E-state index contributed by atoms with van der Waals surface area (Å²) in [4.78, 5) is 44.2. The number of likely N-dealkylation sites (tertiary alicyclic amines) is 1. The summed E-state index contributed by atoms with van der Waals surface area (Å²) in [6.07, 6.45) is 2.17. The van der Waals surface area contributed by atoms with Gasteiger partial charge in [-0.15, -0.1) is 0 Å². The Morgan fingerprint density at radius 3 is 1.79 bits per heavy atom. The second-order valence-electron chi connectivity index (χ2n) is 6.91. The molecular formula is C21H29NO6. The molecule has 1 aliphatic rings. The van der Waals surface area contributed by atoms with Crippen LogP contribution in [-0.4, -0.2) is 50.7 Å². The second kappa shape index (κ2) is 12.0. The number of piperidine rings is 1. The molecule has 7 heteroatoms. The van der Waals surface area contributed by atoms with Crippen molar-refractivity contribution < 1.29 is 29.4 Å². The smallest absolute Gasteiger partial charge is 0.310 e. The van der Waals surface area contributed by atoms with Crippen LogP contribution in [0.5, 0.6) is 0 Å². The molecule has 1 aromatic rings. The molecule has 2 rings (SSSR count). The molecule has 0 bridgehead atoms. The fourth-order valence-corrected chi connectivity index (χ4v) is 3.35. The number of aliphatic carboxylic acids is 2. The summed E-state index contributed by atoms with van der Waals surface area (Å²) in [5.74, 6) is -2.95. The number of carbonyl (C=O) groups is 4. The molecule has 2 N–H and O–H groups in total. The molecule has 0 aliphatic carbocycles. The van der Waals surface area contributed by atoms with E-state index in [-0.39, 0.29) is 0 Å². The molecular weight excluding hydrogens is 362 g/mol. The molecule has 1 heterocycles. The van der Waals surface area contributed by atoms with Crippen LogP contribution in [0.25, 0.3) is 0 Å². The lowest BCUT2D eigenvalue weighted by Gasteiger charge is -2.41. The van der Waals surface area contributed by atoms with Gasteiger partial charge in [-0.05, 0) is 18.4 Å². The van der Waals surface area contributed by atoms with Crippen LogP contribution < -0.4 is 0 Å². The zero-order valence-corrected chi connectivity index (χ0v) is 16.5. The molecule has 1 aromatic carbocycles. The first-order valence-electron chi connectivity index (χ1n) is 9.53. The van der Waals surface area contributed by atoms with E-state index in [0.717, 1.165) is 32.2 Å². The van der Waals surface area contributed by atoms with E-state index >= 15 is 0 Å². The fraction of sp³-hybridized carbons (Fsp3) is 0.524. The molecule has 7 nitrogen and oxygen atoms in total. The Labute approximate surface area is 165 Å². The third-order valence-corrected chi connectivity index (χ3v) is 4.71. The summed E-state index contributed by atoms with van der Waals surface area (Å²) >= 11 is 0. The van der Waals surface area contributed by atoms with Gasteiger partial charge in [0.05, 0.1) is 0 Å². The number of nitrogens with zero attached hydrogens (tertiary/aromatic N) is 1. The summed E-state index contributed by atoms with van der Waals surface area (Å²) in [5.41, 5.74) is 1.35. The van der Waals surface area contributed by atoms with Gasteiger partial charge >= 0.3 is 11.9 Å². The highest BCUT2D eigenvalue weighted by Crippen LogP contribution is 2.26. The van der Waals surface area contributed by atoms with Crippen LogP contribution in [0.4, 0.5) is 0 Å². The lowest BCUT2D eigenvalue weighted by Crippen LogP contribution is -2.48. The maximum atomic E-state index is 11.8. The molecule has 2 atom stereocenters. The van der Waals surface area contributed by atoms with E-state index in [1.54, 1.807) is 0 Å². The van der Waals surface area contributed by atoms with Gasteiger partial charge in [0.25, 0.3) is 0 Å². The van der Waals surface area contributed by atoms with E-state index in [2.05, 4.69) is 49.1 Å². The first-order chi connectivity index (χ1) is 13.3. The number of hydrogen-bond donors (Lipinski definition) is 2. The van der Waals surface area contributed by atoms with Crippen molar-refractivity contribution in [3.63, 3.8) is 0 Å². The second-order valence-corrected chi connectivity index (χ2v) is 6.91. The zero-order chi connectivity index (χ0) is 21.1. The maximum absolute atomic E-state index is 11.8. The highest BCUT2D eigenvalue weighted by atomic mass is 16.4. The number of rotatable bonds is 8. The molecule has 0 saturated carbocycles. The van der Waals surface area contributed by atoms with Crippen molar-refractivity contribution in [2.24, 2.45) is 0 Å². The standard InChI is InChI=1S/C16H23NO.C5H6O5/c1-3-14-10-16(18)11-15(4-2)17(14)12-13-8-6-5-7-9-13;6-3(1-4(7)8)2-5(9)10/h5-9,14-15H,3-4,10-12H2,1-2H3;1-2H2,(H,7,8)(H,9,10). The van der Waals surface area contributed by atoms with E-state index < -0.39 is 30.6 Å². The van der Waals surface area contributed by atoms with E-state index in [1.807, 2.05) is 0 Å². The Balaban J connectivity index is 0.000000336. The van der Waals surface area contributed by atoms with Crippen molar-refractivity contribution in [2.75, 3.05) is 0 Å². The number of hydrogen-bond acceptors (Lipinski definition) is 5. The predicted octanol–water partition coefficient (Wildman–Crippen LogP) is 2.91. The Morgan fingerprint density at radius 1 is 0.929 bits per heavy atom. The predicted molar refractivity (Wildman–Crippen MR) is 104 cm³/mol. The van der Waals surface area contributed by atoms with Crippen LogP contribution in [0.15, 0.2) is 30.3 Å². The quantitative estimate of drug-likeness (QED) is 0.655. The SMILES string of the molecule is CCC1CC(=O)CC(CC)N1Cc1ccccc1.O=C(O)CC(=O)CC(=O)O. The van der Waals surface area contributed by atoms with Crippen LogP contribution in [-0.2, 0) is 25.7 Å². The van der Waals surface area contributed by atoms with Gasteiger partial charge in [0.15, 0.2) is 5.78 Å². The Kier molecular flexibility index (Phi) is 10.1. The van der Waals surface area contributed by atoms with Crippen LogP contribution in [0.2, 0.25) is 0 Å². The van der Waals surface area contributed by atoms with Gasteiger partial charge in [-0.25, -0.2) is 0 Å². The maximum Gasteiger partial charge on any atom is 0.310 e. The van der Waals surface area contributed by atoms with Crippen molar-refractivity contribution >= 4 is 23.5 Å². The molecule has 0 aromatic heterocycles. The minimum atomic E-state index is -1.30. The minimum Gasteiger partial charge on any atom is -0.481 e. The van der Waals surface area contributed by atoms with Gasteiger partial charge in [0, 0.05) is 31.5 Å². The van der Waals surface area contributed by atoms with Gasteiger partial charge in [0.1, 0.15) is 18.6 Å². The van der Waals surface area contributed by atoms with Gasteiger partial charge in [-0.2, -0.15) is 0 Å². The highest BCUT2D eigenvalue weighted by molar-refractivity contribution is 6.02. The number of carbonyl (C=O) groups excluding carboxylic acids is 2. The fourth-order valence-electron chi connectivity index (χ4n) is 3.35. The normalized spacial score (nSPS) is 19.4. The van der Waals surface area contributed by atoms with Crippen molar-refractivity contribution in [2.45, 2.75) is 71.0 Å². The number of benzene rings is 1. The third kappa shape index (κ3) is 8.43. The van der Waals surface area contributed by atoms with Crippen LogP contribution in [0.1, 0.15) is 57.9 Å². The van der Waals surface area contributed by atoms with E-state index in [9.17, 15) is 19.2 Å². The molecule has 28 heavy (non-hydrogen) atoms. The molecule has 154 valence electrons. The molecule has 1 saturated heterocycles. The van der Waals surface area contributed by atoms with Crippen LogP contribution in [0, 0.1) is 0 Å². The number of ketones is 2. The molecule has 2 unspecified atom stereocenters. The van der Waals surface area contributed by atoms with Crippen molar-refractivity contribution in [3.05, 3.63) is 35.9 Å². The van der Waals surface area contributed by atoms with Crippen molar-refractivity contribution in [3.8, 4) is 0 Å². The van der Waals surface area contributed by atoms with Crippen molar-refractivity contribution in [1.82, 2.24) is 4.90 Å². The Hall–Kier alpha value is -2.54. The zero-order valence-electron chi connectivity index (χ0n) is 16.5. The average Bonchev–Trinajstić information content (AvgIpc) is 2.62.